The molecule has 0 heterocycles. The SMILES string of the molecule is COc1ccc(OCCNC(=O)C[C@H](NC(=O)c2ccccc2Cl)c2ccccc2)cc1. The number of carbonyl (C=O) groups is 2. The fourth-order valence-corrected chi connectivity index (χ4v) is 3.33. The summed E-state index contributed by atoms with van der Waals surface area (Å²) in [5.41, 5.74) is 1.20. The molecule has 32 heavy (non-hydrogen) atoms. The van der Waals surface area contributed by atoms with Crippen molar-refractivity contribution in [1.29, 1.82) is 0 Å². The van der Waals surface area contributed by atoms with E-state index in [9.17, 15) is 9.59 Å². The minimum absolute atomic E-state index is 0.0861. The molecule has 3 aromatic rings. The Morgan fingerprint density at radius 3 is 2.25 bits per heavy atom. The van der Waals surface area contributed by atoms with Gasteiger partial charge in [-0.3, -0.25) is 9.59 Å². The highest BCUT2D eigenvalue weighted by Crippen LogP contribution is 2.20. The Hall–Kier alpha value is -3.51. The molecule has 7 heteroatoms. The smallest absolute Gasteiger partial charge is 0.253 e. The van der Waals surface area contributed by atoms with Crippen molar-refractivity contribution in [2.75, 3.05) is 20.3 Å². The largest absolute Gasteiger partial charge is 0.497 e. The molecule has 0 spiro atoms. The van der Waals surface area contributed by atoms with Gasteiger partial charge in [-0.25, -0.2) is 0 Å². The first kappa shape index (κ1) is 23.2. The van der Waals surface area contributed by atoms with E-state index in [1.54, 1.807) is 55.6 Å². The summed E-state index contributed by atoms with van der Waals surface area (Å²) in [7, 11) is 1.60. The number of ether oxygens (including phenoxy) is 2. The molecule has 2 N–H and O–H groups in total. The number of halogens is 1. The van der Waals surface area contributed by atoms with E-state index in [4.69, 9.17) is 21.1 Å². The van der Waals surface area contributed by atoms with Crippen LogP contribution in [0.3, 0.4) is 0 Å². The molecule has 3 rings (SSSR count). The molecule has 0 aliphatic carbocycles. The van der Waals surface area contributed by atoms with Gasteiger partial charge in [0.2, 0.25) is 5.91 Å². The summed E-state index contributed by atoms with van der Waals surface area (Å²) < 4.78 is 10.7. The van der Waals surface area contributed by atoms with Crippen molar-refractivity contribution in [1.82, 2.24) is 10.6 Å². The highest BCUT2D eigenvalue weighted by atomic mass is 35.5. The Morgan fingerprint density at radius 2 is 1.56 bits per heavy atom. The molecule has 0 saturated carbocycles. The zero-order valence-electron chi connectivity index (χ0n) is 17.7. The van der Waals surface area contributed by atoms with Gasteiger partial charge < -0.3 is 20.1 Å². The number of hydrogen-bond acceptors (Lipinski definition) is 4. The van der Waals surface area contributed by atoms with E-state index in [0.717, 1.165) is 11.3 Å². The maximum Gasteiger partial charge on any atom is 0.253 e. The third-order valence-electron chi connectivity index (χ3n) is 4.77. The van der Waals surface area contributed by atoms with E-state index < -0.39 is 6.04 Å². The van der Waals surface area contributed by atoms with Gasteiger partial charge >= 0.3 is 0 Å². The molecule has 0 fully saturated rings. The monoisotopic (exact) mass is 452 g/mol. The van der Waals surface area contributed by atoms with Crippen molar-refractivity contribution < 1.29 is 19.1 Å². The average molecular weight is 453 g/mol. The normalized spacial score (nSPS) is 11.3. The number of hydrogen-bond donors (Lipinski definition) is 2. The predicted octanol–water partition coefficient (Wildman–Crippen LogP) is 4.41. The second-order valence-electron chi connectivity index (χ2n) is 6.99. The van der Waals surface area contributed by atoms with Gasteiger partial charge in [0.25, 0.3) is 5.91 Å². The van der Waals surface area contributed by atoms with Gasteiger partial charge in [0, 0.05) is 0 Å². The van der Waals surface area contributed by atoms with Crippen LogP contribution in [0.2, 0.25) is 5.02 Å². The van der Waals surface area contributed by atoms with Crippen molar-refractivity contribution in [3.8, 4) is 11.5 Å². The second-order valence-corrected chi connectivity index (χ2v) is 7.40. The van der Waals surface area contributed by atoms with Gasteiger partial charge in [0.1, 0.15) is 18.1 Å². The maximum atomic E-state index is 12.7. The Morgan fingerprint density at radius 1 is 0.906 bits per heavy atom. The summed E-state index contributed by atoms with van der Waals surface area (Å²) in [6.07, 6.45) is 0.0861. The highest BCUT2D eigenvalue weighted by Gasteiger charge is 2.20. The third kappa shape index (κ3) is 6.75. The van der Waals surface area contributed by atoms with E-state index in [2.05, 4.69) is 10.6 Å². The van der Waals surface area contributed by atoms with Gasteiger partial charge in [-0.05, 0) is 42.0 Å². The lowest BCUT2D eigenvalue weighted by atomic mass is 10.0. The van der Waals surface area contributed by atoms with E-state index in [-0.39, 0.29) is 18.2 Å². The van der Waals surface area contributed by atoms with Crippen LogP contribution in [-0.2, 0) is 4.79 Å². The minimum Gasteiger partial charge on any atom is -0.497 e. The summed E-state index contributed by atoms with van der Waals surface area (Å²) >= 11 is 6.15. The zero-order chi connectivity index (χ0) is 22.8. The van der Waals surface area contributed by atoms with Crippen molar-refractivity contribution in [3.63, 3.8) is 0 Å². The van der Waals surface area contributed by atoms with Crippen LogP contribution in [0.4, 0.5) is 0 Å². The Kier molecular flexibility index (Phi) is 8.52. The average Bonchev–Trinajstić information content (AvgIpc) is 2.82. The van der Waals surface area contributed by atoms with E-state index in [0.29, 0.717) is 29.5 Å². The van der Waals surface area contributed by atoms with Crippen molar-refractivity contribution in [2.24, 2.45) is 0 Å². The van der Waals surface area contributed by atoms with Gasteiger partial charge in [-0.15, -0.1) is 0 Å². The van der Waals surface area contributed by atoms with Crippen LogP contribution in [0.15, 0.2) is 78.9 Å². The van der Waals surface area contributed by atoms with Crippen LogP contribution < -0.4 is 20.1 Å². The maximum absolute atomic E-state index is 12.7. The van der Waals surface area contributed by atoms with Crippen molar-refractivity contribution in [3.05, 3.63) is 95.0 Å². The van der Waals surface area contributed by atoms with Crippen LogP contribution in [0.25, 0.3) is 0 Å². The molecular formula is C25H25ClN2O4. The van der Waals surface area contributed by atoms with Gasteiger partial charge in [-0.2, -0.15) is 0 Å². The van der Waals surface area contributed by atoms with Crippen LogP contribution in [0.5, 0.6) is 11.5 Å². The minimum atomic E-state index is -0.498. The number of nitrogens with one attached hydrogen (secondary N) is 2. The molecule has 6 nitrogen and oxygen atoms in total. The predicted molar refractivity (Wildman–Crippen MR) is 124 cm³/mol. The quantitative estimate of drug-likeness (QED) is 0.447. The van der Waals surface area contributed by atoms with Crippen LogP contribution in [-0.4, -0.2) is 32.1 Å². The van der Waals surface area contributed by atoms with E-state index in [1.165, 1.54) is 0 Å². The van der Waals surface area contributed by atoms with E-state index >= 15 is 0 Å². The van der Waals surface area contributed by atoms with Crippen LogP contribution in [0, 0.1) is 0 Å². The van der Waals surface area contributed by atoms with Gasteiger partial charge in [-0.1, -0.05) is 54.1 Å². The lowest BCUT2D eigenvalue weighted by Gasteiger charge is -2.19. The Labute approximate surface area is 192 Å². The lowest BCUT2D eigenvalue weighted by Crippen LogP contribution is -2.35. The summed E-state index contributed by atoms with van der Waals surface area (Å²) in [5.74, 6) is 0.905. The molecule has 0 aromatic heterocycles. The number of benzene rings is 3. The number of amides is 2. The topological polar surface area (TPSA) is 76.7 Å². The standard InChI is InChI=1S/C25H25ClN2O4/c1-31-19-11-13-20(14-12-19)32-16-15-27-24(29)17-23(18-7-3-2-4-8-18)28-25(30)21-9-5-6-10-22(21)26/h2-14,23H,15-17H2,1H3,(H,27,29)(H,28,30)/t23-/m0/s1. The molecule has 0 radical (unpaired) electrons. The first-order chi connectivity index (χ1) is 15.6. The Bertz CT molecular complexity index is 1030. The fourth-order valence-electron chi connectivity index (χ4n) is 3.11. The summed E-state index contributed by atoms with van der Waals surface area (Å²) in [6, 6.07) is 22.9. The summed E-state index contributed by atoms with van der Waals surface area (Å²) in [4.78, 5) is 25.3. The third-order valence-corrected chi connectivity index (χ3v) is 5.10. The number of carbonyl (C=O) groups excluding carboxylic acids is 2. The van der Waals surface area contributed by atoms with Crippen LogP contribution in [0.1, 0.15) is 28.4 Å². The molecule has 3 aromatic carbocycles. The molecule has 0 unspecified atom stereocenters. The van der Waals surface area contributed by atoms with Gasteiger partial charge in [0.05, 0.1) is 36.7 Å². The number of methoxy groups -OCH3 is 1. The lowest BCUT2D eigenvalue weighted by molar-refractivity contribution is -0.121. The zero-order valence-corrected chi connectivity index (χ0v) is 18.5. The number of rotatable bonds is 10. The summed E-state index contributed by atoms with van der Waals surface area (Å²) in [6.45, 7) is 0.658. The highest BCUT2D eigenvalue weighted by molar-refractivity contribution is 6.33. The van der Waals surface area contributed by atoms with Gasteiger partial charge in [0.15, 0.2) is 0 Å². The second kappa shape index (κ2) is 11.8. The first-order valence-corrected chi connectivity index (χ1v) is 10.6. The molecular weight excluding hydrogens is 428 g/mol. The molecule has 0 saturated heterocycles. The Balaban J connectivity index is 1.55. The summed E-state index contributed by atoms with van der Waals surface area (Å²) in [5, 5.41) is 6.11. The molecule has 2 amide bonds. The molecule has 0 aliphatic heterocycles. The van der Waals surface area contributed by atoms with Crippen LogP contribution >= 0.6 is 11.6 Å². The molecule has 166 valence electrons. The van der Waals surface area contributed by atoms with Crippen molar-refractivity contribution in [2.45, 2.75) is 12.5 Å². The van der Waals surface area contributed by atoms with Crippen molar-refractivity contribution >= 4 is 23.4 Å². The molecule has 1 atom stereocenters. The first-order valence-electron chi connectivity index (χ1n) is 10.2. The van der Waals surface area contributed by atoms with E-state index in [1.807, 2.05) is 30.3 Å². The fraction of sp³-hybridized carbons (Fsp3) is 0.200. The molecule has 0 bridgehead atoms. The molecule has 0 aliphatic rings.